The standard InChI is InChI=1S/C17H27N/c1-2-15-8-10-17(11-9-15)14-18-13-12-16-6-4-3-5-7-16/h3-7,15,17-18H,2,8-14H2,1H3. The molecule has 0 radical (unpaired) electrons. The summed E-state index contributed by atoms with van der Waals surface area (Å²) < 4.78 is 0. The largest absolute Gasteiger partial charge is 0.316 e. The summed E-state index contributed by atoms with van der Waals surface area (Å²) in [5, 5.41) is 3.64. The highest BCUT2D eigenvalue weighted by Gasteiger charge is 2.19. The van der Waals surface area contributed by atoms with Crippen molar-refractivity contribution in [1.29, 1.82) is 0 Å². The lowest BCUT2D eigenvalue weighted by atomic mass is 9.81. The summed E-state index contributed by atoms with van der Waals surface area (Å²) in [5.41, 5.74) is 1.44. The van der Waals surface area contributed by atoms with Crippen LogP contribution in [0.4, 0.5) is 0 Å². The van der Waals surface area contributed by atoms with E-state index in [1.165, 1.54) is 44.2 Å². The topological polar surface area (TPSA) is 12.0 Å². The van der Waals surface area contributed by atoms with Crippen LogP contribution >= 0.6 is 0 Å². The molecule has 1 aliphatic rings. The van der Waals surface area contributed by atoms with E-state index in [2.05, 4.69) is 42.6 Å². The molecular weight excluding hydrogens is 218 g/mol. The van der Waals surface area contributed by atoms with Gasteiger partial charge in [0.1, 0.15) is 0 Å². The normalized spacial score (nSPS) is 24.1. The molecule has 1 nitrogen and oxygen atoms in total. The van der Waals surface area contributed by atoms with Crippen molar-refractivity contribution in [3.05, 3.63) is 35.9 Å². The predicted octanol–water partition coefficient (Wildman–Crippen LogP) is 4.04. The lowest BCUT2D eigenvalue weighted by Crippen LogP contribution is -2.27. The maximum Gasteiger partial charge on any atom is -0.000824 e. The molecule has 100 valence electrons. The smallest absolute Gasteiger partial charge is 0.000824 e. The number of rotatable bonds is 6. The van der Waals surface area contributed by atoms with Gasteiger partial charge in [-0.3, -0.25) is 0 Å². The molecule has 0 saturated heterocycles. The zero-order valence-electron chi connectivity index (χ0n) is 11.7. The van der Waals surface area contributed by atoms with Crippen LogP contribution in [0.2, 0.25) is 0 Å². The van der Waals surface area contributed by atoms with Crippen LogP contribution in [0.5, 0.6) is 0 Å². The van der Waals surface area contributed by atoms with Crippen LogP contribution in [0.25, 0.3) is 0 Å². The first-order valence-electron chi connectivity index (χ1n) is 7.63. The van der Waals surface area contributed by atoms with Crippen molar-refractivity contribution in [2.75, 3.05) is 13.1 Å². The highest BCUT2D eigenvalue weighted by molar-refractivity contribution is 5.14. The molecule has 0 amide bonds. The highest BCUT2D eigenvalue weighted by atomic mass is 14.9. The molecule has 0 atom stereocenters. The predicted molar refractivity (Wildman–Crippen MR) is 78.8 cm³/mol. The fraction of sp³-hybridized carbons (Fsp3) is 0.647. The Kier molecular flexibility index (Phi) is 5.73. The van der Waals surface area contributed by atoms with E-state index in [9.17, 15) is 0 Å². The molecule has 1 fully saturated rings. The van der Waals surface area contributed by atoms with Crippen LogP contribution in [-0.4, -0.2) is 13.1 Å². The van der Waals surface area contributed by atoms with E-state index in [4.69, 9.17) is 0 Å². The fourth-order valence-electron chi connectivity index (χ4n) is 3.03. The number of nitrogens with one attached hydrogen (secondary N) is 1. The van der Waals surface area contributed by atoms with Crippen LogP contribution in [-0.2, 0) is 6.42 Å². The molecule has 1 aromatic rings. The number of benzene rings is 1. The van der Waals surface area contributed by atoms with E-state index >= 15 is 0 Å². The second kappa shape index (κ2) is 7.58. The van der Waals surface area contributed by atoms with E-state index in [-0.39, 0.29) is 0 Å². The van der Waals surface area contributed by atoms with Gasteiger partial charge in [-0.1, -0.05) is 56.5 Å². The van der Waals surface area contributed by atoms with E-state index < -0.39 is 0 Å². The van der Waals surface area contributed by atoms with Gasteiger partial charge in [-0.15, -0.1) is 0 Å². The Labute approximate surface area is 112 Å². The average molecular weight is 245 g/mol. The maximum absolute atomic E-state index is 3.64. The van der Waals surface area contributed by atoms with E-state index in [0.717, 1.165) is 24.8 Å². The molecule has 0 aliphatic heterocycles. The summed E-state index contributed by atoms with van der Waals surface area (Å²) in [4.78, 5) is 0. The second-order valence-electron chi connectivity index (χ2n) is 5.73. The van der Waals surface area contributed by atoms with Gasteiger partial charge in [-0.05, 0) is 49.8 Å². The van der Waals surface area contributed by atoms with Gasteiger partial charge in [0, 0.05) is 0 Å². The average Bonchev–Trinajstić information content (AvgIpc) is 2.45. The Bertz CT molecular complexity index is 312. The van der Waals surface area contributed by atoms with Gasteiger partial charge in [0.15, 0.2) is 0 Å². The molecule has 1 N–H and O–H groups in total. The first-order valence-corrected chi connectivity index (χ1v) is 7.63. The molecule has 1 saturated carbocycles. The Hall–Kier alpha value is -0.820. The van der Waals surface area contributed by atoms with Crippen LogP contribution < -0.4 is 5.32 Å². The van der Waals surface area contributed by atoms with Gasteiger partial charge >= 0.3 is 0 Å². The van der Waals surface area contributed by atoms with Gasteiger partial charge in [0.25, 0.3) is 0 Å². The monoisotopic (exact) mass is 245 g/mol. The van der Waals surface area contributed by atoms with Crippen molar-refractivity contribution >= 4 is 0 Å². The Morgan fingerprint density at radius 1 is 1.00 bits per heavy atom. The van der Waals surface area contributed by atoms with Crippen LogP contribution in [0.3, 0.4) is 0 Å². The van der Waals surface area contributed by atoms with Crippen LogP contribution in [0.1, 0.15) is 44.6 Å². The fourth-order valence-corrected chi connectivity index (χ4v) is 3.03. The zero-order valence-corrected chi connectivity index (χ0v) is 11.7. The molecule has 0 aromatic heterocycles. The Balaban J connectivity index is 1.56. The molecule has 0 spiro atoms. The molecule has 0 unspecified atom stereocenters. The van der Waals surface area contributed by atoms with Crippen molar-refractivity contribution in [3.8, 4) is 0 Å². The summed E-state index contributed by atoms with van der Waals surface area (Å²) in [6.45, 7) is 4.68. The van der Waals surface area contributed by atoms with Crippen molar-refractivity contribution < 1.29 is 0 Å². The first kappa shape index (κ1) is 13.6. The highest BCUT2D eigenvalue weighted by Crippen LogP contribution is 2.29. The third kappa shape index (κ3) is 4.45. The molecule has 18 heavy (non-hydrogen) atoms. The molecular formula is C17H27N. The number of hydrogen-bond donors (Lipinski definition) is 1. The van der Waals surface area contributed by atoms with Gasteiger partial charge in [-0.2, -0.15) is 0 Å². The van der Waals surface area contributed by atoms with Crippen molar-refractivity contribution in [2.24, 2.45) is 11.8 Å². The summed E-state index contributed by atoms with van der Waals surface area (Å²) >= 11 is 0. The molecule has 0 bridgehead atoms. The van der Waals surface area contributed by atoms with E-state index in [0.29, 0.717) is 0 Å². The zero-order chi connectivity index (χ0) is 12.6. The Morgan fingerprint density at radius 3 is 2.33 bits per heavy atom. The van der Waals surface area contributed by atoms with E-state index in [1.54, 1.807) is 0 Å². The number of hydrogen-bond acceptors (Lipinski definition) is 1. The SMILES string of the molecule is CCC1CCC(CNCCc2ccccc2)CC1. The third-order valence-electron chi connectivity index (χ3n) is 4.41. The molecule has 1 aromatic carbocycles. The Morgan fingerprint density at radius 2 is 1.67 bits per heavy atom. The minimum atomic E-state index is 0.934. The molecule has 1 heteroatoms. The van der Waals surface area contributed by atoms with Crippen molar-refractivity contribution in [3.63, 3.8) is 0 Å². The molecule has 2 rings (SSSR count). The van der Waals surface area contributed by atoms with Crippen molar-refractivity contribution in [1.82, 2.24) is 5.32 Å². The van der Waals surface area contributed by atoms with Crippen molar-refractivity contribution in [2.45, 2.75) is 45.4 Å². The summed E-state index contributed by atoms with van der Waals surface area (Å²) in [6, 6.07) is 10.8. The summed E-state index contributed by atoms with van der Waals surface area (Å²) in [7, 11) is 0. The summed E-state index contributed by atoms with van der Waals surface area (Å²) in [6.07, 6.45) is 8.34. The van der Waals surface area contributed by atoms with Gasteiger partial charge < -0.3 is 5.32 Å². The maximum atomic E-state index is 3.64. The van der Waals surface area contributed by atoms with Crippen LogP contribution in [0, 0.1) is 11.8 Å². The lowest BCUT2D eigenvalue weighted by Gasteiger charge is -2.27. The van der Waals surface area contributed by atoms with Gasteiger partial charge in [-0.25, -0.2) is 0 Å². The molecule has 1 aliphatic carbocycles. The summed E-state index contributed by atoms with van der Waals surface area (Å²) in [5.74, 6) is 1.95. The van der Waals surface area contributed by atoms with Gasteiger partial charge in [0.2, 0.25) is 0 Å². The van der Waals surface area contributed by atoms with E-state index in [1.807, 2.05) is 0 Å². The quantitative estimate of drug-likeness (QED) is 0.746. The van der Waals surface area contributed by atoms with Crippen LogP contribution in [0.15, 0.2) is 30.3 Å². The van der Waals surface area contributed by atoms with Gasteiger partial charge in [0.05, 0.1) is 0 Å². The lowest BCUT2D eigenvalue weighted by molar-refractivity contribution is 0.263. The minimum absolute atomic E-state index is 0.934. The molecule has 0 heterocycles. The first-order chi connectivity index (χ1) is 8.88. The minimum Gasteiger partial charge on any atom is -0.316 e. The second-order valence-corrected chi connectivity index (χ2v) is 5.73. The third-order valence-corrected chi connectivity index (χ3v) is 4.41.